The maximum atomic E-state index is 9.80. The van der Waals surface area contributed by atoms with Crippen molar-refractivity contribution in [3.8, 4) is 0 Å². The molecule has 0 rings (SSSR count). The van der Waals surface area contributed by atoms with E-state index in [1.54, 1.807) is 6.92 Å². The second kappa shape index (κ2) is 8.24. The van der Waals surface area contributed by atoms with Crippen molar-refractivity contribution < 1.29 is 15.0 Å². The van der Waals surface area contributed by atoms with Gasteiger partial charge in [-0.1, -0.05) is 0 Å². The summed E-state index contributed by atoms with van der Waals surface area (Å²) in [6, 6.07) is -0.708. The number of nitrogens with two attached hydrogens (primary N) is 1. The van der Waals surface area contributed by atoms with Crippen LogP contribution < -0.4 is 5.73 Å². The summed E-state index contributed by atoms with van der Waals surface area (Å²) in [4.78, 5) is 9.80. The van der Waals surface area contributed by atoms with Gasteiger partial charge in [-0.25, -0.2) is 0 Å². The molecule has 4 N–H and O–H groups in total. The third-order valence-corrected chi connectivity index (χ3v) is 1.34. The summed E-state index contributed by atoms with van der Waals surface area (Å²) >= 11 is 4.50. The summed E-state index contributed by atoms with van der Waals surface area (Å²) in [6.07, 6.45) is 0. The van der Waals surface area contributed by atoms with Crippen LogP contribution in [0, 0.1) is 0 Å². The van der Waals surface area contributed by atoms with Crippen molar-refractivity contribution in [2.45, 2.75) is 18.3 Å². The zero-order chi connectivity index (χ0) is 9.44. The number of carbonyl (C=O) groups is 1. The monoisotopic (exact) mass is 293 g/mol. The van der Waals surface area contributed by atoms with Gasteiger partial charge in [0.2, 0.25) is 0 Å². The van der Waals surface area contributed by atoms with E-state index >= 15 is 0 Å². The van der Waals surface area contributed by atoms with Gasteiger partial charge in [0.1, 0.15) is 0 Å². The Kier molecular flexibility index (Phi) is 10.3. The van der Waals surface area contributed by atoms with E-state index in [0.29, 0.717) is 9.92 Å². The van der Waals surface area contributed by atoms with Gasteiger partial charge in [0.25, 0.3) is 0 Å². The predicted molar refractivity (Wildman–Crippen MR) is 45.9 cm³/mol. The first-order chi connectivity index (χ1) is 4.91. The predicted octanol–water partition coefficient (Wildman–Crippen LogP) is -1.61. The molecule has 4 nitrogen and oxygen atoms in total. The maximum absolute atomic E-state index is 9.80. The summed E-state index contributed by atoms with van der Waals surface area (Å²) in [6.45, 7) is 1.58. The quantitative estimate of drug-likeness (QED) is 0.535. The Balaban J connectivity index is 0. The molecule has 0 radical (unpaired) electrons. The normalized spacial score (nSPS) is 10.8. The average Bonchev–Trinajstić information content (AvgIpc) is 1.85. The first-order valence-electron chi connectivity index (χ1n) is 2.70. The molecule has 0 spiro atoms. The average molecular weight is 291 g/mol. The summed E-state index contributed by atoms with van der Waals surface area (Å²) < 4.78 is 0.292. The van der Waals surface area contributed by atoms with Crippen LogP contribution in [0.25, 0.3) is 0 Å². The minimum absolute atomic E-state index is 0.292. The molecule has 0 heterocycles. The molecule has 0 saturated carbocycles. The SMILES string of the molecule is CC(O)=[Se].N[C@@H](C[SeH])C(=O)O. The fraction of sp³-hybridized carbons (Fsp3) is 0.600. The molecule has 11 heavy (non-hydrogen) atoms. The summed E-state index contributed by atoms with van der Waals surface area (Å²) in [5.74, 6) is -0.944. The summed E-state index contributed by atoms with van der Waals surface area (Å²) in [7, 11) is 0. The molecule has 0 fully saturated rings. The molecule has 0 bridgehead atoms. The molecule has 6 heteroatoms. The van der Waals surface area contributed by atoms with Crippen LogP contribution in [0.5, 0.6) is 0 Å². The Labute approximate surface area is 81.3 Å². The first-order valence-corrected chi connectivity index (χ1v) is 4.89. The number of aliphatic hydroxyl groups is 1. The zero-order valence-corrected chi connectivity index (χ0v) is 9.61. The van der Waals surface area contributed by atoms with Crippen molar-refractivity contribution in [2.75, 3.05) is 0 Å². The molecular formula is C5H11NO3Se2. The first kappa shape index (κ1) is 13.7. The van der Waals surface area contributed by atoms with Gasteiger partial charge in [-0.15, -0.1) is 0 Å². The molecule has 0 amide bonds. The van der Waals surface area contributed by atoms with Gasteiger partial charge >= 0.3 is 81.2 Å². The van der Waals surface area contributed by atoms with E-state index in [0.717, 1.165) is 0 Å². The number of carboxylic acid groups (broad SMARTS) is 1. The van der Waals surface area contributed by atoms with Gasteiger partial charge in [-0.05, 0) is 0 Å². The van der Waals surface area contributed by atoms with Crippen molar-refractivity contribution in [3.05, 3.63) is 0 Å². The Morgan fingerprint density at radius 3 is 2.00 bits per heavy atom. The van der Waals surface area contributed by atoms with E-state index in [4.69, 9.17) is 15.9 Å². The van der Waals surface area contributed by atoms with E-state index in [9.17, 15) is 4.79 Å². The molecule has 0 aliphatic carbocycles. The van der Waals surface area contributed by atoms with Gasteiger partial charge in [-0.2, -0.15) is 0 Å². The molecule has 0 aliphatic rings. The molecule has 0 saturated heterocycles. The number of hydrogen-bond donors (Lipinski definition) is 3. The van der Waals surface area contributed by atoms with Crippen LogP contribution in [-0.2, 0) is 4.79 Å². The van der Waals surface area contributed by atoms with Crippen molar-refractivity contribution in [1.82, 2.24) is 0 Å². The van der Waals surface area contributed by atoms with Crippen molar-refractivity contribution in [1.29, 1.82) is 0 Å². The molecule has 0 aliphatic heterocycles. The topological polar surface area (TPSA) is 83.5 Å². The van der Waals surface area contributed by atoms with Crippen molar-refractivity contribution in [2.24, 2.45) is 5.73 Å². The van der Waals surface area contributed by atoms with Crippen LogP contribution in [0.2, 0.25) is 5.32 Å². The Morgan fingerprint density at radius 1 is 1.73 bits per heavy atom. The molecule has 0 aromatic heterocycles. The zero-order valence-electron chi connectivity index (χ0n) is 6.02. The molecule has 0 aromatic carbocycles. The summed E-state index contributed by atoms with van der Waals surface area (Å²) in [5.41, 5.74) is 5.00. The number of rotatable bonds is 2. The molecule has 0 aromatic rings. The fourth-order valence-electron chi connectivity index (χ4n) is 0.0781. The summed E-state index contributed by atoms with van der Waals surface area (Å²) in [5, 5.41) is 16.4. The van der Waals surface area contributed by atoms with Crippen molar-refractivity contribution >= 4 is 42.2 Å². The van der Waals surface area contributed by atoms with Crippen LogP contribution in [0.3, 0.4) is 0 Å². The molecular weight excluding hydrogens is 280 g/mol. The standard InChI is InChI=1S/C3H7NO2Se.C2H4OSe/c4-2(1-7)3(5)6;1-2(3)4/h2,7H,1,4H2,(H,5,6);1H3,(H,3,4)/t2-;/m0./s1. The number of carboxylic acids is 1. The Bertz CT molecular complexity index is 136. The second-order valence-electron chi connectivity index (χ2n) is 1.65. The second-order valence-corrected chi connectivity index (χ2v) is 3.65. The third kappa shape index (κ3) is 17.8. The van der Waals surface area contributed by atoms with E-state index in [1.807, 2.05) is 0 Å². The van der Waals surface area contributed by atoms with Crippen LogP contribution in [0.4, 0.5) is 0 Å². The van der Waals surface area contributed by atoms with Gasteiger partial charge in [0, 0.05) is 0 Å². The van der Waals surface area contributed by atoms with Crippen LogP contribution in [0.1, 0.15) is 6.92 Å². The third-order valence-electron chi connectivity index (χ3n) is 0.514. The van der Waals surface area contributed by atoms with E-state index in [-0.39, 0.29) is 0 Å². The van der Waals surface area contributed by atoms with Crippen molar-refractivity contribution in [3.63, 3.8) is 0 Å². The molecule has 0 unspecified atom stereocenters. The van der Waals surface area contributed by atoms with Gasteiger partial charge in [0.15, 0.2) is 0 Å². The molecule has 66 valence electrons. The number of hydrogen-bond acceptors (Lipinski definition) is 3. The van der Waals surface area contributed by atoms with Crippen LogP contribution >= 0.6 is 0 Å². The minimum atomic E-state index is -0.944. The van der Waals surface area contributed by atoms with E-state index in [2.05, 4.69) is 31.6 Å². The Hall–Kier alpha value is 0.139. The van der Waals surface area contributed by atoms with Gasteiger partial charge in [-0.3, -0.25) is 0 Å². The van der Waals surface area contributed by atoms with Crippen LogP contribution in [-0.4, -0.2) is 58.4 Å². The number of aliphatic carboxylic acids is 1. The van der Waals surface area contributed by atoms with E-state index < -0.39 is 12.0 Å². The van der Waals surface area contributed by atoms with E-state index in [1.165, 1.54) is 0 Å². The molecule has 1 atom stereocenters. The Morgan fingerprint density at radius 2 is 2.00 bits per heavy atom. The fourth-order valence-corrected chi connectivity index (χ4v) is 0.406. The number of aliphatic hydroxyl groups excluding tert-OH is 1. The van der Waals surface area contributed by atoms with Crippen LogP contribution in [0.15, 0.2) is 0 Å². The van der Waals surface area contributed by atoms with Gasteiger partial charge in [0.05, 0.1) is 0 Å². The van der Waals surface area contributed by atoms with Gasteiger partial charge < -0.3 is 0 Å².